The van der Waals surface area contributed by atoms with Crippen molar-refractivity contribution in [2.75, 3.05) is 47.5 Å². The number of rotatable bonds is 15. The third-order valence-electron chi connectivity index (χ3n) is 3.12. The molecular weight excluding hydrogens is 415 g/mol. The molecule has 1 N–H and O–H groups in total. The molecule has 0 aliphatic carbocycles. The van der Waals surface area contributed by atoms with Gasteiger partial charge in [0.15, 0.2) is 0 Å². The maximum atomic E-state index is 11.1. The van der Waals surface area contributed by atoms with Crippen molar-refractivity contribution in [3.8, 4) is 0 Å². The molecule has 0 aromatic carbocycles. The molecule has 2 unspecified atom stereocenters. The van der Waals surface area contributed by atoms with Gasteiger partial charge in [0.25, 0.3) is 23.1 Å². The molecule has 0 aromatic rings. The lowest BCUT2D eigenvalue weighted by atomic mass is 9.84. The summed E-state index contributed by atoms with van der Waals surface area (Å²) in [5.74, 6) is 0. The normalized spacial score (nSPS) is 15.2. The number of quaternary nitrogens is 1. The Hall–Kier alpha value is -2.33. The van der Waals surface area contributed by atoms with Gasteiger partial charge in [-0.2, -0.15) is 0 Å². The molecule has 17 nitrogen and oxygen atoms in total. The van der Waals surface area contributed by atoms with Gasteiger partial charge in [0.2, 0.25) is 0 Å². The minimum atomic E-state index is -5.29. The average Bonchev–Trinajstić information content (AvgIpc) is 2.45. The zero-order chi connectivity index (χ0) is 22.2. The molecule has 2 atom stereocenters. The van der Waals surface area contributed by atoms with Crippen LogP contribution in [0.5, 0.6) is 0 Å². The highest BCUT2D eigenvalue weighted by atomic mass is 31.2. The SMILES string of the molecule is C[N+](C)(C)CC(CC(CO[N+](=O)[O-])(CO[N+](=O)[O-])CO[N+](=O)[O-])OP(=O)([O-])O. The largest absolute Gasteiger partial charge is 0.756 e. The minimum absolute atomic E-state index is 0.0724. The molecule has 0 aliphatic rings. The van der Waals surface area contributed by atoms with Gasteiger partial charge in [-0.25, -0.2) is 0 Å². The van der Waals surface area contributed by atoms with Gasteiger partial charge in [0.05, 0.1) is 21.1 Å². The monoisotopic (exact) mass is 436 g/mol. The van der Waals surface area contributed by atoms with Crippen LogP contribution in [0.4, 0.5) is 0 Å². The van der Waals surface area contributed by atoms with Crippen LogP contribution in [0.15, 0.2) is 0 Å². The summed E-state index contributed by atoms with van der Waals surface area (Å²) in [4.78, 5) is 64.3. The highest BCUT2D eigenvalue weighted by Crippen LogP contribution is 2.37. The van der Waals surface area contributed by atoms with Crippen molar-refractivity contribution in [2.24, 2.45) is 5.41 Å². The smallest absolute Gasteiger partial charge is 0.294 e. The first kappa shape index (κ1) is 25.7. The van der Waals surface area contributed by atoms with Gasteiger partial charge in [-0.3, -0.25) is 4.57 Å². The fourth-order valence-electron chi connectivity index (χ4n) is 2.29. The van der Waals surface area contributed by atoms with Crippen LogP contribution in [0.3, 0.4) is 0 Å². The predicted molar refractivity (Wildman–Crippen MR) is 83.5 cm³/mol. The topological polar surface area (TPSA) is 227 Å². The van der Waals surface area contributed by atoms with Crippen LogP contribution in [0, 0.1) is 35.8 Å². The molecule has 18 heteroatoms. The Morgan fingerprint density at radius 1 is 0.964 bits per heavy atom. The van der Waals surface area contributed by atoms with E-state index in [2.05, 4.69) is 19.0 Å². The van der Waals surface area contributed by atoms with Gasteiger partial charge < -0.3 is 33.3 Å². The van der Waals surface area contributed by atoms with Crippen LogP contribution in [-0.2, 0) is 23.6 Å². The zero-order valence-electron chi connectivity index (χ0n) is 15.2. The number of hydrogen-bond acceptors (Lipinski definition) is 12. The Morgan fingerprint density at radius 2 is 1.32 bits per heavy atom. The Bertz CT molecular complexity index is 557. The highest BCUT2D eigenvalue weighted by molar-refractivity contribution is 7.44. The van der Waals surface area contributed by atoms with Gasteiger partial charge >= 0.3 is 0 Å². The molecule has 0 amide bonds. The van der Waals surface area contributed by atoms with E-state index < -0.39 is 60.8 Å². The van der Waals surface area contributed by atoms with E-state index in [4.69, 9.17) is 4.89 Å². The van der Waals surface area contributed by atoms with E-state index >= 15 is 0 Å². The molecule has 0 aliphatic heterocycles. The van der Waals surface area contributed by atoms with E-state index in [1.165, 1.54) is 0 Å². The van der Waals surface area contributed by atoms with Crippen molar-refractivity contribution in [1.29, 1.82) is 0 Å². The lowest BCUT2D eigenvalue weighted by molar-refractivity contribution is -0.873. The van der Waals surface area contributed by atoms with Crippen LogP contribution in [0.25, 0.3) is 0 Å². The number of likely N-dealkylation sites (N-methyl/N-ethyl adjacent to an activating group) is 1. The van der Waals surface area contributed by atoms with Gasteiger partial charge in [-0.1, -0.05) is 0 Å². The van der Waals surface area contributed by atoms with E-state index in [-0.39, 0.29) is 11.0 Å². The molecule has 0 rings (SSSR count). The fraction of sp³-hybridized carbons (Fsp3) is 1.00. The van der Waals surface area contributed by atoms with Crippen molar-refractivity contribution >= 4 is 7.82 Å². The van der Waals surface area contributed by atoms with Gasteiger partial charge in [0.1, 0.15) is 32.5 Å². The summed E-state index contributed by atoms with van der Waals surface area (Å²) in [5.41, 5.74) is -1.94. The van der Waals surface area contributed by atoms with E-state index in [1.807, 2.05) is 0 Å². The molecular formula is C10H21N4O13P. The van der Waals surface area contributed by atoms with E-state index in [9.17, 15) is 39.8 Å². The Morgan fingerprint density at radius 3 is 1.57 bits per heavy atom. The van der Waals surface area contributed by atoms with Crippen LogP contribution in [0.1, 0.15) is 6.42 Å². The van der Waals surface area contributed by atoms with Crippen molar-refractivity contribution in [2.45, 2.75) is 12.5 Å². The summed E-state index contributed by atoms with van der Waals surface area (Å²) in [5, 5.41) is 27.8. The number of nitrogens with zero attached hydrogens (tertiary/aromatic N) is 4. The summed E-state index contributed by atoms with van der Waals surface area (Å²) in [6, 6.07) is 0. The van der Waals surface area contributed by atoms with E-state index in [1.54, 1.807) is 21.1 Å². The molecule has 0 bridgehead atoms. The van der Waals surface area contributed by atoms with Crippen molar-refractivity contribution < 1.29 is 53.1 Å². The average molecular weight is 436 g/mol. The first-order valence-electron chi connectivity index (χ1n) is 7.38. The first-order valence-corrected chi connectivity index (χ1v) is 8.88. The zero-order valence-corrected chi connectivity index (χ0v) is 16.1. The molecule has 164 valence electrons. The summed E-state index contributed by atoms with van der Waals surface area (Å²) < 4.78 is 15.8. The quantitative estimate of drug-likeness (QED) is 0.134. The van der Waals surface area contributed by atoms with Gasteiger partial charge in [-0.05, 0) is 6.42 Å². The maximum Gasteiger partial charge on any atom is 0.294 e. The summed E-state index contributed by atoms with van der Waals surface area (Å²) >= 11 is 0. The predicted octanol–water partition coefficient (Wildman–Crippen LogP) is -1.46. The lowest BCUT2D eigenvalue weighted by Gasteiger charge is -2.37. The van der Waals surface area contributed by atoms with E-state index in [0.717, 1.165) is 0 Å². The number of phosphoric ester groups is 1. The molecule has 0 heterocycles. The van der Waals surface area contributed by atoms with Crippen molar-refractivity contribution in [3.05, 3.63) is 30.3 Å². The number of hydrogen-bond donors (Lipinski definition) is 1. The molecule has 0 radical (unpaired) electrons. The third-order valence-corrected chi connectivity index (χ3v) is 3.69. The van der Waals surface area contributed by atoms with Gasteiger partial charge in [-0.15, -0.1) is 30.3 Å². The Kier molecular flexibility index (Phi) is 9.42. The summed E-state index contributed by atoms with van der Waals surface area (Å²) in [7, 11) is -0.460. The molecule has 0 spiro atoms. The third kappa shape index (κ3) is 12.9. The lowest BCUT2D eigenvalue weighted by Crippen LogP contribution is -2.48. The fourth-order valence-corrected chi connectivity index (χ4v) is 2.81. The first-order chi connectivity index (χ1) is 12.5. The Labute approximate surface area is 157 Å². The maximum absolute atomic E-state index is 11.1. The van der Waals surface area contributed by atoms with Gasteiger partial charge in [0, 0.05) is 5.41 Å². The summed E-state index contributed by atoms with van der Waals surface area (Å²) in [6.07, 6.45) is -2.01. The molecule has 0 saturated carbocycles. The molecule has 28 heavy (non-hydrogen) atoms. The van der Waals surface area contributed by atoms with Crippen LogP contribution in [-0.4, -0.2) is 78.2 Å². The van der Waals surface area contributed by atoms with Crippen LogP contribution in [0.2, 0.25) is 0 Å². The van der Waals surface area contributed by atoms with Crippen molar-refractivity contribution in [1.82, 2.24) is 0 Å². The number of phosphoric acid groups is 1. The van der Waals surface area contributed by atoms with Crippen LogP contribution < -0.4 is 4.89 Å². The standard InChI is InChI=1S/C10H21N4O13P/c1-14(2,3)5-9(27-28(21,22)23)4-10(6-24-11(15)16,7-25-12(17)18)8-26-13(19)20/h9H,4-8H2,1-3H3,(H-,21,22,23). The minimum Gasteiger partial charge on any atom is -0.756 e. The molecule has 0 aromatic heterocycles. The van der Waals surface area contributed by atoms with E-state index in [0.29, 0.717) is 0 Å². The summed E-state index contributed by atoms with van der Waals surface area (Å²) in [6.45, 7) is -3.06. The molecule has 0 fully saturated rings. The van der Waals surface area contributed by atoms with Crippen LogP contribution >= 0.6 is 7.82 Å². The molecule has 0 saturated heterocycles. The second kappa shape index (κ2) is 10.3. The van der Waals surface area contributed by atoms with Crippen molar-refractivity contribution in [3.63, 3.8) is 0 Å². The highest BCUT2D eigenvalue weighted by Gasteiger charge is 2.40. The second-order valence-corrected chi connectivity index (χ2v) is 8.01. The second-order valence-electron chi connectivity index (χ2n) is 6.86. The Balaban J connectivity index is 5.83.